The van der Waals surface area contributed by atoms with E-state index in [0.29, 0.717) is 58.2 Å². The number of halogens is 1. The van der Waals surface area contributed by atoms with Gasteiger partial charge in [0.05, 0.1) is 30.0 Å². The standard InChI is InChI=1S/C25H29FN6O3/c1-3-4-15-17(23(34)12-33)6-22-24-19(11-32(22)25(15)35)18(10-31(29)9-14(28)8-27)16-5-13(2)20(26)7-21(16)30-24/h5-7,9,12,23,34H,3-4,8,10-11,27-29H2,1-2H3/b14-9-. The second kappa shape index (κ2) is 9.57. The third-order valence-electron chi connectivity index (χ3n) is 6.33. The number of aliphatic hydroxyl groups excluding tert-OH is 1. The third-order valence-corrected chi connectivity index (χ3v) is 6.33. The number of aryl methyl sites for hydroxylation is 1. The number of fused-ring (bicyclic) bond motifs is 4. The summed E-state index contributed by atoms with van der Waals surface area (Å²) in [5.74, 6) is 5.80. The van der Waals surface area contributed by atoms with Gasteiger partial charge < -0.3 is 30.9 Å². The number of rotatable bonds is 8. The molecule has 3 heterocycles. The number of nitrogens with two attached hydrogens (primary N) is 3. The Labute approximate surface area is 201 Å². The number of hydrazine groups is 1. The Morgan fingerprint density at radius 2 is 2.09 bits per heavy atom. The molecule has 0 fully saturated rings. The minimum Gasteiger partial charge on any atom is -0.400 e. The van der Waals surface area contributed by atoms with Crippen molar-refractivity contribution >= 4 is 17.2 Å². The van der Waals surface area contributed by atoms with Gasteiger partial charge in [0.25, 0.3) is 5.56 Å². The van der Waals surface area contributed by atoms with Crippen molar-refractivity contribution < 1.29 is 14.3 Å². The maximum atomic E-state index is 14.5. The first-order valence-corrected chi connectivity index (χ1v) is 11.4. The molecule has 3 aromatic rings. The molecule has 1 unspecified atom stereocenters. The van der Waals surface area contributed by atoms with Gasteiger partial charge in [-0.2, -0.15) is 0 Å². The molecule has 0 radical (unpaired) electrons. The summed E-state index contributed by atoms with van der Waals surface area (Å²) in [5, 5.41) is 12.4. The van der Waals surface area contributed by atoms with E-state index in [1.54, 1.807) is 23.6 Å². The van der Waals surface area contributed by atoms with Crippen LogP contribution in [0.25, 0.3) is 22.3 Å². The van der Waals surface area contributed by atoms with Crippen LogP contribution < -0.4 is 22.9 Å². The van der Waals surface area contributed by atoms with Gasteiger partial charge in [-0.25, -0.2) is 15.2 Å². The van der Waals surface area contributed by atoms with Crippen molar-refractivity contribution in [2.45, 2.75) is 45.9 Å². The Hall–Kier alpha value is -3.60. The summed E-state index contributed by atoms with van der Waals surface area (Å²) < 4.78 is 16.1. The minimum absolute atomic E-state index is 0.135. The Kier molecular flexibility index (Phi) is 6.70. The van der Waals surface area contributed by atoms with Crippen molar-refractivity contribution in [2.24, 2.45) is 17.3 Å². The van der Waals surface area contributed by atoms with E-state index in [4.69, 9.17) is 22.3 Å². The van der Waals surface area contributed by atoms with Crippen molar-refractivity contribution in [2.75, 3.05) is 6.54 Å². The Balaban J connectivity index is 2.00. The van der Waals surface area contributed by atoms with E-state index in [9.17, 15) is 19.1 Å². The first kappa shape index (κ1) is 24.5. The van der Waals surface area contributed by atoms with Gasteiger partial charge >= 0.3 is 0 Å². The predicted molar refractivity (Wildman–Crippen MR) is 131 cm³/mol. The van der Waals surface area contributed by atoms with Crippen LogP contribution in [0.4, 0.5) is 4.39 Å². The van der Waals surface area contributed by atoms with Gasteiger partial charge in [-0.3, -0.25) is 4.79 Å². The smallest absolute Gasteiger partial charge is 0.254 e. The van der Waals surface area contributed by atoms with Crippen LogP contribution in [0.2, 0.25) is 0 Å². The number of hydrogen-bond donors (Lipinski definition) is 4. The number of carbonyl (C=O) groups is 1. The average molecular weight is 481 g/mol. The maximum Gasteiger partial charge on any atom is 0.254 e. The highest BCUT2D eigenvalue weighted by Gasteiger charge is 2.30. The molecule has 1 aliphatic heterocycles. The number of pyridine rings is 2. The zero-order chi connectivity index (χ0) is 25.4. The van der Waals surface area contributed by atoms with E-state index in [1.165, 1.54) is 17.3 Å². The van der Waals surface area contributed by atoms with Crippen molar-refractivity contribution in [3.8, 4) is 11.4 Å². The summed E-state index contributed by atoms with van der Waals surface area (Å²) in [4.78, 5) is 29.5. The van der Waals surface area contributed by atoms with E-state index in [0.717, 1.165) is 11.1 Å². The Morgan fingerprint density at radius 1 is 1.34 bits per heavy atom. The molecule has 9 nitrogen and oxygen atoms in total. The number of aromatic nitrogens is 2. The molecule has 1 aromatic carbocycles. The largest absolute Gasteiger partial charge is 0.400 e. The van der Waals surface area contributed by atoms with E-state index in [2.05, 4.69) is 0 Å². The number of benzene rings is 1. The lowest BCUT2D eigenvalue weighted by atomic mass is 9.97. The normalized spacial score (nSPS) is 13.6. The molecule has 2 aromatic heterocycles. The lowest BCUT2D eigenvalue weighted by molar-refractivity contribution is -0.115. The van der Waals surface area contributed by atoms with Crippen LogP contribution in [-0.4, -0.2) is 32.5 Å². The van der Waals surface area contributed by atoms with Crippen LogP contribution >= 0.6 is 0 Å². The molecule has 1 atom stereocenters. The first-order valence-electron chi connectivity index (χ1n) is 11.4. The second-order valence-corrected chi connectivity index (χ2v) is 8.80. The number of carbonyl (C=O) groups excluding carboxylic acids is 1. The molecule has 0 amide bonds. The number of hydrogen-bond acceptors (Lipinski definition) is 8. The SMILES string of the molecule is CCCc1c(C(O)C=O)cc2n(c1=O)Cc1c-2nc2cc(F)c(C)cc2c1CN(N)/C=C(\N)CN. The third kappa shape index (κ3) is 4.31. The van der Waals surface area contributed by atoms with Gasteiger partial charge in [0.1, 0.15) is 11.9 Å². The van der Waals surface area contributed by atoms with Gasteiger partial charge in [-0.15, -0.1) is 0 Å². The van der Waals surface area contributed by atoms with Gasteiger partial charge in [-0.05, 0) is 42.2 Å². The number of nitrogens with zero attached hydrogens (tertiary/aromatic N) is 3. The topological polar surface area (TPSA) is 153 Å². The fourth-order valence-corrected chi connectivity index (χ4v) is 4.61. The van der Waals surface area contributed by atoms with Crippen molar-refractivity contribution in [3.05, 3.63) is 74.1 Å². The molecule has 184 valence electrons. The Morgan fingerprint density at radius 3 is 2.74 bits per heavy atom. The van der Waals surface area contributed by atoms with Gasteiger partial charge in [0, 0.05) is 41.0 Å². The number of aliphatic hydroxyl groups is 1. The molecule has 35 heavy (non-hydrogen) atoms. The molecular weight excluding hydrogens is 451 g/mol. The van der Waals surface area contributed by atoms with Gasteiger partial charge in [-0.1, -0.05) is 13.3 Å². The molecule has 7 N–H and O–H groups in total. The van der Waals surface area contributed by atoms with Crippen molar-refractivity contribution in [1.82, 2.24) is 14.6 Å². The summed E-state index contributed by atoms with van der Waals surface area (Å²) in [7, 11) is 0. The van der Waals surface area contributed by atoms with E-state index in [-0.39, 0.29) is 30.8 Å². The summed E-state index contributed by atoms with van der Waals surface area (Å²) in [6.07, 6.45) is 1.59. The minimum atomic E-state index is -1.43. The van der Waals surface area contributed by atoms with E-state index in [1.807, 2.05) is 6.92 Å². The van der Waals surface area contributed by atoms with E-state index < -0.39 is 11.9 Å². The average Bonchev–Trinajstić information content (AvgIpc) is 3.19. The highest BCUT2D eigenvalue weighted by molar-refractivity contribution is 5.88. The highest BCUT2D eigenvalue weighted by Crippen LogP contribution is 2.37. The number of aldehydes is 1. The van der Waals surface area contributed by atoms with Gasteiger partial charge in [0.15, 0.2) is 6.29 Å². The second-order valence-electron chi connectivity index (χ2n) is 8.80. The summed E-state index contributed by atoms with van der Waals surface area (Å²) in [6.45, 7) is 4.17. The summed E-state index contributed by atoms with van der Waals surface area (Å²) in [5.41, 5.74) is 15.5. The zero-order valence-corrected chi connectivity index (χ0v) is 19.7. The molecule has 1 aliphatic rings. The molecule has 10 heteroatoms. The molecule has 0 aliphatic carbocycles. The molecular formula is C25H29FN6O3. The monoisotopic (exact) mass is 480 g/mol. The van der Waals surface area contributed by atoms with Crippen LogP contribution in [0.5, 0.6) is 0 Å². The lowest BCUT2D eigenvalue weighted by Gasteiger charge is -2.19. The van der Waals surface area contributed by atoms with Crippen molar-refractivity contribution in [3.63, 3.8) is 0 Å². The van der Waals surface area contributed by atoms with Gasteiger partial charge in [0.2, 0.25) is 0 Å². The van der Waals surface area contributed by atoms with Crippen LogP contribution in [-0.2, 0) is 24.3 Å². The molecule has 0 saturated carbocycles. The van der Waals surface area contributed by atoms with Crippen LogP contribution in [0.3, 0.4) is 0 Å². The van der Waals surface area contributed by atoms with Crippen LogP contribution in [0.15, 0.2) is 34.9 Å². The van der Waals surface area contributed by atoms with Crippen molar-refractivity contribution in [1.29, 1.82) is 0 Å². The first-order chi connectivity index (χ1) is 16.7. The summed E-state index contributed by atoms with van der Waals surface area (Å²) in [6, 6.07) is 4.71. The van der Waals surface area contributed by atoms with Crippen LogP contribution in [0.1, 0.15) is 47.3 Å². The lowest BCUT2D eigenvalue weighted by Crippen LogP contribution is -2.28. The molecule has 4 rings (SSSR count). The Bertz CT molecular complexity index is 1420. The predicted octanol–water partition coefficient (Wildman–Crippen LogP) is 1.49. The maximum absolute atomic E-state index is 14.5. The van der Waals surface area contributed by atoms with E-state index >= 15 is 0 Å². The fourth-order valence-electron chi connectivity index (χ4n) is 4.61. The molecule has 0 bridgehead atoms. The molecule has 0 spiro atoms. The highest BCUT2D eigenvalue weighted by atomic mass is 19.1. The summed E-state index contributed by atoms with van der Waals surface area (Å²) >= 11 is 0. The quantitative estimate of drug-likeness (QED) is 0.168. The van der Waals surface area contributed by atoms with Crippen LogP contribution in [0, 0.1) is 12.7 Å². The fraction of sp³-hybridized carbons (Fsp3) is 0.320. The molecule has 0 saturated heterocycles. The zero-order valence-electron chi connectivity index (χ0n) is 19.7.